The highest BCUT2D eigenvalue weighted by atomic mass is 16.2. The lowest BCUT2D eigenvalue weighted by Gasteiger charge is -2.23. The Morgan fingerprint density at radius 2 is 1.28 bits per heavy atom. The normalized spacial score (nSPS) is 18.2. The summed E-state index contributed by atoms with van der Waals surface area (Å²) < 4.78 is 0. The number of amides is 2. The average Bonchev–Trinajstić information content (AvgIpc) is 2.63. The first-order valence-corrected chi connectivity index (χ1v) is 9.92. The highest BCUT2D eigenvalue weighted by Gasteiger charge is 2.35. The Labute approximate surface area is 152 Å². The van der Waals surface area contributed by atoms with Crippen molar-refractivity contribution < 1.29 is 9.59 Å². The fourth-order valence-electron chi connectivity index (χ4n) is 3.48. The molecule has 2 rings (SSSR count). The molecule has 2 aliphatic carbocycles. The second-order valence-corrected chi connectivity index (χ2v) is 7.85. The molecule has 0 radical (unpaired) electrons. The van der Waals surface area contributed by atoms with E-state index in [4.69, 9.17) is 0 Å². The van der Waals surface area contributed by atoms with Crippen LogP contribution in [0.15, 0.2) is 23.3 Å². The van der Waals surface area contributed by atoms with E-state index >= 15 is 0 Å². The van der Waals surface area contributed by atoms with E-state index in [1.165, 1.54) is 36.8 Å². The number of nitrogens with one attached hydrogen (secondary N) is 2. The van der Waals surface area contributed by atoms with Crippen LogP contribution < -0.4 is 10.6 Å². The molecule has 2 aliphatic rings. The molecule has 0 heterocycles. The van der Waals surface area contributed by atoms with Gasteiger partial charge in [0.1, 0.15) is 5.41 Å². The summed E-state index contributed by atoms with van der Waals surface area (Å²) in [5, 5.41) is 5.88. The zero-order valence-corrected chi connectivity index (χ0v) is 16.0. The van der Waals surface area contributed by atoms with Gasteiger partial charge in [-0.05, 0) is 78.1 Å². The molecule has 2 amide bonds. The maximum atomic E-state index is 12.4. The molecular weight excluding hydrogens is 312 g/mol. The van der Waals surface area contributed by atoms with Gasteiger partial charge in [-0.3, -0.25) is 9.59 Å². The molecule has 0 aliphatic heterocycles. The second-order valence-electron chi connectivity index (χ2n) is 7.85. The van der Waals surface area contributed by atoms with Crippen molar-refractivity contribution in [3.8, 4) is 0 Å². The molecule has 0 aromatic rings. The monoisotopic (exact) mass is 346 g/mol. The Balaban J connectivity index is 1.69. The number of rotatable bonds is 8. The predicted molar refractivity (Wildman–Crippen MR) is 102 cm³/mol. The van der Waals surface area contributed by atoms with Gasteiger partial charge in [0, 0.05) is 13.1 Å². The minimum Gasteiger partial charge on any atom is -0.355 e. The summed E-state index contributed by atoms with van der Waals surface area (Å²) in [6.45, 7) is 4.65. The van der Waals surface area contributed by atoms with Crippen molar-refractivity contribution in [2.24, 2.45) is 5.41 Å². The standard InChI is InChI=1S/C21H34N2O2/c1-21(2,19(24)22-15-13-17-9-5-3-6-10-17)20(25)23-16-14-18-11-7-4-8-12-18/h9,11H,3-8,10,12-16H2,1-2H3,(H,22,24)(H,23,25). The van der Waals surface area contributed by atoms with Crippen LogP contribution in [-0.2, 0) is 9.59 Å². The van der Waals surface area contributed by atoms with E-state index in [0.717, 1.165) is 38.5 Å². The number of hydrogen-bond donors (Lipinski definition) is 2. The highest BCUT2D eigenvalue weighted by molar-refractivity contribution is 6.04. The number of hydrogen-bond acceptors (Lipinski definition) is 2. The summed E-state index contributed by atoms with van der Waals surface area (Å²) in [4.78, 5) is 24.8. The minimum atomic E-state index is -1.03. The molecule has 0 spiro atoms. The van der Waals surface area contributed by atoms with Crippen molar-refractivity contribution in [3.63, 3.8) is 0 Å². The zero-order valence-electron chi connectivity index (χ0n) is 16.0. The van der Waals surface area contributed by atoms with E-state index < -0.39 is 5.41 Å². The highest BCUT2D eigenvalue weighted by Crippen LogP contribution is 2.21. The lowest BCUT2D eigenvalue weighted by Crippen LogP contribution is -2.48. The zero-order chi connectivity index (χ0) is 18.1. The topological polar surface area (TPSA) is 58.2 Å². The van der Waals surface area contributed by atoms with Gasteiger partial charge in [0.2, 0.25) is 11.8 Å². The maximum Gasteiger partial charge on any atom is 0.235 e. The number of allylic oxidation sites excluding steroid dienone is 2. The van der Waals surface area contributed by atoms with Crippen molar-refractivity contribution in [1.82, 2.24) is 10.6 Å². The predicted octanol–water partition coefficient (Wildman–Crippen LogP) is 4.03. The minimum absolute atomic E-state index is 0.182. The van der Waals surface area contributed by atoms with E-state index in [1.54, 1.807) is 13.8 Å². The molecule has 0 aromatic carbocycles. The third-order valence-corrected chi connectivity index (χ3v) is 5.37. The molecule has 4 heteroatoms. The van der Waals surface area contributed by atoms with E-state index in [2.05, 4.69) is 22.8 Å². The number of carbonyl (C=O) groups is 2. The van der Waals surface area contributed by atoms with Crippen LogP contribution in [-0.4, -0.2) is 24.9 Å². The first kappa shape index (κ1) is 19.7. The van der Waals surface area contributed by atoms with Crippen molar-refractivity contribution in [3.05, 3.63) is 23.3 Å². The lowest BCUT2D eigenvalue weighted by atomic mass is 9.90. The van der Waals surface area contributed by atoms with Crippen LogP contribution >= 0.6 is 0 Å². The quantitative estimate of drug-likeness (QED) is 0.515. The van der Waals surface area contributed by atoms with Gasteiger partial charge in [-0.15, -0.1) is 0 Å². The molecule has 2 N–H and O–H groups in total. The van der Waals surface area contributed by atoms with Crippen LogP contribution in [0.4, 0.5) is 0 Å². The van der Waals surface area contributed by atoms with Crippen LogP contribution in [0.25, 0.3) is 0 Å². The van der Waals surface area contributed by atoms with Gasteiger partial charge >= 0.3 is 0 Å². The third-order valence-electron chi connectivity index (χ3n) is 5.37. The van der Waals surface area contributed by atoms with Crippen molar-refractivity contribution in [2.45, 2.75) is 78.1 Å². The van der Waals surface area contributed by atoms with Crippen molar-refractivity contribution >= 4 is 11.8 Å². The van der Waals surface area contributed by atoms with Gasteiger partial charge in [0.15, 0.2) is 0 Å². The average molecular weight is 347 g/mol. The maximum absolute atomic E-state index is 12.4. The van der Waals surface area contributed by atoms with E-state index in [0.29, 0.717) is 13.1 Å². The van der Waals surface area contributed by atoms with Gasteiger partial charge in [0.25, 0.3) is 0 Å². The molecule has 0 saturated carbocycles. The fraction of sp³-hybridized carbons (Fsp3) is 0.714. The SMILES string of the molecule is CC(C)(C(=O)NCCC1=CCCCC1)C(=O)NCCC1=CCCCC1. The Morgan fingerprint density at radius 1 is 0.840 bits per heavy atom. The summed E-state index contributed by atoms with van der Waals surface area (Å²) in [7, 11) is 0. The molecule has 0 bridgehead atoms. The molecule has 140 valence electrons. The third kappa shape index (κ3) is 6.33. The molecular formula is C21H34N2O2. The van der Waals surface area contributed by atoms with Crippen LogP contribution in [0.3, 0.4) is 0 Å². The van der Waals surface area contributed by atoms with Gasteiger partial charge in [-0.1, -0.05) is 23.3 Å². The van der Waals surface area contributed by atoms with Crippen LogP contribution in [0.5, 0.6) is 0 Å². The molecule has 0 fully saturated rings. The van der Waals surface area contributed by atoms with Gasteiger partial charge in [-0.25, -0.2) is 0 Å². The van der Waals surface area contributed by atoms with Crippen LogP contribution in [0.2, 0.25) is 0 Å². The summed E-state index contributed by atoms with van der Waals surface area (Å²) >= 11 is 0. The fourth-order valence-corrected chi connectivity index (χ4v) is 3.48. The Kier molecular flexibility index (Phi) is 7.73. The summed E-state index contributed by atoms with van der Waals surface area (Å²) in [6, 6.07) is 0. The van der Waals surface area contributed by atoms with E-state index in [1.807, 2.05) is 0 Å². The van der Waals surface area contributed by atoms with E-state index in [-0.39, 0.29) is 11.8 Å². The van der Waals surface area contributed by atoms with Gasteiger partial charge in [0.05, 0.1) is 0 Å². The van der Waals surface area contributed by atoms with Gasteiger partial charge in [-0.2, -0.15) is 0 Å². The molecule has 0 aromatic heterocycles. The van der Waals surface area contributed by atoms with Gasteiger partial charge < -0.3 is 10.6 Å². The summed E-state index contributed by atoms with van der Waals surface area (Å²) in [6.07, 6.45) is 16.1. The molecule has 25 heavy (non-hydrogen) atoms. The smallest absolute Gasteiger partial charge is 0.235 e. The molecule has 4 nitrogen and oxygen atoms in total. The second kappa shape index (κ2) is 9.79. The lowest BCUT2D eigenvalue weighted by molar-refractivity contribution is -0.141. The van der Waals surface area contributed by atoms with Crippen LogP contribution in [0, 0.1) is 5.41 Å². The Morgan fingerprint density at radius 3 is 1.64 bits per heavy atom. The Hall–Kier alpha value is -1.58. The number of carbonyl (C=O) groups excluding carboxylic acids is 2. The molecule has 0 saturated heterocycles. The largest absolute Gasteiger partial charge is 0.355 e. The summed E-state index contributed by atoms with van der Waals surface area (Å²) in [5.41, 5.74) is 1.85. The first-order valence-electron chi connectivity index (χ1n) is 9.92. The van der Waals surface area contributed by atoms with Crippen molar-refractivity contribution in [2.75, 3.05) is 13.1 Å². The Bertz CT molecular complexity index is 486. The van der Waals surface area contributed by atoms with Crippen LogP contribution in [0.1, 0.15) is 78.1 Å². The molecule has 0 unspecified atom stereocenters. The van der Waals surface area contributed by atoms with Crippen molar-refractivity contribution in [1.29, 1.82) is 0 Å². The first-order chi connectivity index (χ1) is 12.0. The van der Waals surface area contributed by atoms with E-state index in [9.17, 15) is 9.59 Å². The summed E-state index contributed by atoms with van der Waals surface area (Å²) in [5.74, 6) is -0.364. The molecule has 0 atom stereocenters.